The van der Waals surface area contributed by atoms with Crippen LogP contribution in [0.1, 0.15) is 34.1 Å². The van der Waals surface area contributed by atoms with Gasteiger partial charge in [0.2, 0.25) is 0 Å². The first-order valence-corrected chi connectivity index (χ1v) is 5.95. The summed E-state index contributed by atoms with van der Waals surface area (Å²) in [6, 6.07) is 0.520. The predicted octanol–water partition coefficient (Wildman–Crippen LogP) is 1.50. The van der Waals surface area contributed by atoms with Crippen LogP contribution in [-0.2, 0) is 4.74 Å². The zero-order valence-corrected chi connectivity index (χ0v) is 10.5. The Hall–Kier alpha value is -0.120. The molecule has 0 saturated carbocycles. The largest absolute Gasteiger partial charge is 0.396 e. The highest BCUT2D eigenvalue weighted by Gasteiger charge is 2.30. The van der Waals surface area contributed by atoms with Crippen molar-refractivity contribution in [1.29, 1.82) is 0 Å². The van der Waals surface area contributed by atoms with Crippen molar-refractivity contribution in [3.8, 4) is 0 Å². The Kier molecular flexibility index (Phi) is 4.56. The molecule has 1 aliphatic rings. The average Bonchev–Trinajstić information content (AvgIpc) is 2.18. The van der Waals surface area contributed by atoms with Crippen molar-refractivity contribution in [3.05, 3.63) is 0 Å². The van der Waals surface area contributed by atoms with Gasteiger partial charge in [-0.25, -0.2) is 0 Å². The Morgan fingerprint density at radius 1 is 1.47 bits per heavy atom. The molecule has 1 heterocycles. The van der Waals surface area contributed by atoms with Crippen LogP contribution in [-0.4, -0.2) is 48.5 Å². The van der Waals surface area contributed by atoms with Gasteiger partial charge < -0.3 is 9.84 Å². The molecule has 0 radical (unpaired) electrons. The van der Waals surface area contributed by atoms with E-state index in [2.05, 4.69) is 32.6 Å². The summed E-state index contributed by atoms with van der Waals surface area (Å²) in [7, 11) is 0. The average molecular weight is 215 g/mol. The van der Waals surface area contributed by atoms with Crippen LogP contribution in [0.4, 0.5) is 0 Å². The summed E-state index contributed by atoms with van der Waals surface area (Å²) in [6.07, 6.45) is 1.44. The summed E-state index contributed by atoms with van der Waals surface area (Å²) >= 11 is 0. The molecule has 1 aliphatic heterocycles. The highest BCUT2D eigenvalue weighted by atomic mass is 16.5. The second-order valence-electron chi connectivity index (χ2n) is 5.46. The fourth-order valence-electron chi connectivity index (χ4n) is 2.08. The highest BCUT2D eigenvalue weighted by molar-refractivity contribution is 4.82. The second-order valence-corrected chi connectivity index (χ2v) is 5.46. The van der Waals surface area contributed by atoms with Gasteiger partial charge in [0.25, 0.3) is 0 Å². The van der Waals surface area contributed by atoms with Crippen molar-refractivity contribution in [2.45, 2.75) is 46.3 Å². The summed E-state index contributed by atoms with van der Waals surface area (Å²) in [5, 5.41) is 9.29. The molecule has 1 N–H and O–H groups in total. The van der Waals surface area contributed by atoms with Gasteiger partial charge >= 0.3 is 0 Å². The van der Waals surface area contributed by atoms with Crippen LogP contribution in [0.15, 0.2) is 0 Å². The number of morpholine rings is 1. The van der Waals surface area contributed by atoms with E-state index in [0.29, 0.717) is 12.1 Å². The highest BCUT2D eigenvalue weighted by Crippen LogP contribution is 2.22. The molecule has 1 fully saturated rings. The molecule has 90 valence electrons. The van der Waals surface area contributed by atoms with E-state index in [0.717, 1.165) is 26.1 Å². The third kappa shape index (κ3) is 3.74. The number of hydrogen-bond donors (Lipinski definition) is 1. The summed E-state index contributed by atoms with van der Waals surface area (Å²) in [6.45, 7) is 11.6. The van der Waals surface area contributed by atoms with Crippen LogP contribution in [0.25, 0.3) is 0 Å². The normalized spacial score (nSPS) is 29.4. The molecule has 15 heavy (non-hydrogen) atoms. The summed E-state index contributed by atoms with van der Waals surface area (Å²) in [5.74, 6) is 0. The standard InChI is InChI=1S/C12H25NO2/c1-5-11-7-15-10(2)6-13(11)8-12(3,4)9-14/h10-11,14H,5-9H2,1-4H3. The lowest BCUT2D eigenvalue weighted by Crippen LogP contribution is -2.52. The van der Waals surface area contributed by atoms with E-state index < -0.39 is 0 Å². The molecule has 2 atom stereocenters. The van der Waals surface area contributed by atoms with Crippen LogP contribution in [0, 0.1) is 5.41 Å². The zero-order chi connectivity index (χ0) is 11.5. The molecule has 0 aromatic carbocycles. The molecule has 0 spiro atoms. The van der Waals surface area contributed by atoms with Gasteiger partial charge in [0, 0.05) is 31.2 Å². The zero-order valence-electron chi connectivity index (χ0n) is 10.5. The van der Waals surface area contributed by atoms with E-state index in [1.165, 1.54) is 0 Å². The molecular formula is C12H25NO2. The van der Waals surface area contributed by atoms with Gasteiger partial charge in [-0.05, 0) is 13.3 Å². The Morgan fingerprint density at radius 3 is 2.67 bits per heavy atom. The molecule has 0 aliphatic carbocycles. The van der Waals surface area contributed by atoms with E-state index in [1.807, 2.05) is 0 Å². The van der Waals surface area contributed by atoms with Crippen molar-refractivity contribution < 1.29 is 9.84 Å². The van der Waals surface area contributed by atoms with Crippen molar-refractivity contribution in [2.24, 2.45) is 5.41 Å². The maximum Gasteiger partial charge on any atom is 0.0674 e. The van der Waals surface area contributed by atoms with E-state index in [-0.39, 0.29) is 12.0 Å². The van der Waals surface area contributed by atoms with Crippen molar-refractivity contribution in [2.75, 3.05) is 26.3 Å². The van der Waals surface area contributed by atoms with Gasteiger partial charge in [0.05, 0.1) is 12.7 Å². The minimum absolute atomic E-state index is 0.00944. The summed E-state index contributed by atoms with van der Waals surface area (Å²) in [5.41, 5.74) is -0.00944. The number of aliphatic hydroxyl groups is 1. The van der Waals surface area contributed by atoms with E-state index in [4.69, 9.17) is 4.74 Å². The van der Waals surface area contributed by atoms with Crippen molar-refractivity contribution in [1.82, 2.24) is 4.90 Å². The van der Waals surface area contributed by atoms with Crippen molar-refractivity contribution in [3.63, 3.8) is 0 Å². The third-order valence-corrected chi connectivity index (χ3v) is 3.11. The maximum atomic E-state index is 9.29. The second kappa shape index (κ2) is 5.28. The van der Waals surface area contributed by atoms with Crippen LogP contribution in [0.3, 0.4) is 0 Å². The number of hydrogen-bond acceptors (Lipinski definition) is 3. The fraction of sp³-hybridized carbons (Fsp3) is 1.00. The molecule has 3 nitrogen and oxygen atoms in total. The van der Waals surface area contributed by atoms with E-state index in [9.17, 15) is 5.11 Å². The minimum atomic E-state index is -0.00944. The topological polar surface area (TPSA) is 32.7 Å². The Labute approximate surface area is 93.4 Å². The monoisotopic (exact) mass is 215 g/mol. The summed E-state index contributed by atoms with van der Waals surface area (Å²) in [4.78, 5) is 2.46. The molecule has 2 unspecified atom stereocenters. The quantitative estimate of drug-likeness (QED) is 0.771. The number of aliphatic hydroxyl groups excluding tert-OH is 1. The number of rotatable bonds is 4. The Bertz CT molecular complexity index is 194. The lowest BCUT2D eigenvalue weighted by atomic mass is 9.92. The van der Waals surface area contributed by atoms with Crippen molar-refractivity contribution >= 4 is 0 Å². The lowest BCUT2D eigenvalue weighted by molar-refractivity contribution is -0.0705. The first-order chi connectivity index (χ1) is 6.98. The van der Waals surface area contributed by atoms with Gasteiger partial charge in [0.15, 0.2) is 0 Å². The van der Waals surface area contributed by atoms with Crippen LogP contribution in [0.2, 0.25) is 0 Å². The number of ether oxygens (including phenoxy) is 1. The fourth-order valence-corrected chi connectivity index (χ4v) is 2.08. The molecule has 1 saturated heterocycles. The van der Waals surface area contributed by atoms with Gasteiger partial charge in [-0.2, -0.15) is 0 Å². The molecular weight excluding hydrogens is 190 g/mol. The predicted molar refractivity (Wildman–Crippen MR) is 61.9 cm³/mol. The molecule has 1 rings (SSSR count). The SMILES string of the molecule is CCC1COC(C)CN1CC(C)(C)CO. The summed E-state index contributed by atoms with van der Waals surface area (Å²) < 4.78 is 5.66. The molecule has 0 aromatic rings. The molecule has 0 amide bonds. The van der Waals surface area contributed by atoms with E-state index >= 15 is 0 Å². The van der Waals surface area contributed by atoms with Crippen LogP contribution >= 0.6 is 0 Å². The van der Waals surface area contributed by atoms with Crippen LogP contribution < -0.4 is 0 Å². The Balaban J connectivity index is 2.55. The van der Waals surface area contributed by atoms with E-state index in [1.54, 1.807) is 0 Å². The minimum Gasteiger partial charge on any atom is -0.396 e. The van der Waals surface area contributed by atoms with Gasteiger partial charge in [-0.15, -0.1) is 0 Å². The first-order valence-electron chi connectivity index (χ1n) is 5.95. The number of nitrogens with zero attached hydrogens (tertiary/aromatic N) is 1. The smallest absolute Gasteiger partial charge is 0.0674 e. The maximum absolute atomic E-state index is 9.29. The van der Waals surface area contributed by atoms with Crippen LogP contribution in [0.5, 0.6) is 0 Å². The van der Waals surface area contributed by atoms with Gasteiger partial charge in [0.1, 0.15) is 0 Å². The van der Waals surface area contributed by atoms with Gasteiger partial charge in [-0.3, -0.25) is 4.90 Å². The third-order valence-electron chi connectivity index (χ3n) is 3.11. The first kappa shape index (κ1) is 12.9. The Morgan fingerprint density at radius 2 is 2.13 bits per heavy atom. The molecule has 0 aromatic heterocycles. The molecule has 0 bridgehead atoms. The molecule has 3 heteroatoms. The lowest BCUT2D eigenvalue weighted by Gasteiger charge is -2.41. The van der Waals surface area contributed by atoms with Gasteiger partial charge in [-0.1, -0.05) is 20.8 Å².